The average molecular weight is 500 g/mol. The highest BCUT2D eigenvalue weighted by Gasteiger charge is 2.20. The van der Waals surface area contributed by atoms with Gasteiger partial charge in [0.25, 0.3) is 0 Å². The fourth-order valence-electron chi connectivity index (χ4n) is 4.25. The van der Waals surface area contributed by atoms with Gasteiger partial charge in [0.05, 0.1) is 16.3 Å². The lowest BCUT2D eigenvalue weighted by atomic mass is 10.1. The third-order valence-corrected chi connectivity index (χ3v) is 6.82. The van der Waals surface area contributed by atoms with E-state index in [0.29, 0.717) is 39.4 Å². The summed E-state index contributed by atoms with van der Waals surface area (Å²) in [6.07, 6.45) is 8.74. The maximum Gasteiger partial charge on any atom is 0.250 e. The van der Waals surface area contributed by atoms with Crippen molar-refractivity contribution in [2.75, 3.05) is 41.4 Å². The van der Waals surface area contributed by atoms with E-state index in [0.717, 1.165) is 57.4 Å². The first-order valence-electron chi connectivity index (χ1n) is 11.8. The van der Waals surface area contributed by atoms with Gasteiger partial charge in [0, 0.05) is 31.7 Å². The van der Waals surface area contributed by atoms with Gasteiger partial charge < -0.3 is 14.2 Å². The Morgan fingerprint density at radius 1 is 0.794 bits per heavy atom. The molecule has 0 spiro atoms. The zero-order valence-corrected chi connectivity index (χ0v) is 20.4. The summed E-state index contributed by atoms with van der Waals surface area (Å²) in [6, 6.07) is 9.09. The van der Waals surface area contributed by atoms with Crippen molar-refractivity contribution in [1.29, 1.82) is 0 Å². The fourth-order valence-corrected chi connectivity index (χ4v) is 4.55. The number of halogens is 2. The molecule has 2 fully saturated rings. The molecule has 2 saturated heterocycles. The van der Waals surface area contributed by atoms with E-state index in [1.807, 2.05) is 18.2 Å². The number of nitrogens with zero attached hydrogens (tertiary/aromatic N) is 6. The second kappa shape index (κ2) is 10.6. The molecule has 10 heteroatoms. The summed E-state index contributed by atoms with van der Waals surface area (Å²) in [7, 11) is 0. The largest absolute Gasteiger partial charge is 0.455 e. The van der Waals surface area contributed by atoms with Crippen LogP contribution in [0.25, 0.3) is 11.3 Å². The zero-order valence-electron chi connectivity index (χ0n) is 18.9. The maximum atomic E-state index is 6.12. The molecule has 178 valence electrons. The number of hydrazone groups is 1. The molecule has 0 saturated carbocycles. The maximum absolute atomic E-state index is 6.12. The number of nitrogens with one attached hydrogen (secondary N) is 1. The Morgan fingerprint density at radius 3 is 2.06 bits per heavy atom. The van der Waals surface area contributed by atoms with Gasteiger partial charge in [-0.3, -0.25) is 0 Å². The van der Waals surface area contributed by atoms with E-state index in [2.05, 4.69) is 30.3 Å². The third kappa shape index (κ3) is 5.45. The number of furan rings is 1. The van der Waals surface area contributed by atoms with Gasteiger partial charge in [-0.25, -0.2) is 5.43 Å². The number of rotatable bonds is 6. The summed E-state index contributed by atoms with van der Waals surface area (Å²) in [5.41, 5.74) is 3.82. The molecule has 0 atom stereocenters. The molecule has 4 heterocycles. The number of hydrogen-bond donors (Lipinski definition) is 1. The van der Waals surface area contributed by atoms with Crippen LogP contribution in [0.4, 0.5) is 17.8 Å². The summed E-state index contributed by atoms with van der Waals surface area (Å²) < 4.78 is 5.88. The Hall–Kier alpha value is -2.84. The zero-order chi connectivity index (χ0) is 23.3. The van der Waals surface area contributed by atoms with Crippen molar-refractivity contribution in [2.24, 2.45) is 5.10 Å². The number of aromatic nitrogens is 3. The Bertz CT molecular complexity index is 1120. The van der Waals surface area contributed by atoms with Gasteiger partial charge in [0.15, 0.2) is 0 Å². The molecule has 2 aromatic heterocycles. The third-order valence-electron chi connectivity index (χ3n) is 6.08. The van der Waals surface area contributed by atoms with Crippen LogP contribution >= 0.6 is 23.2 Å². The van der Waals surface area contributed by atoms with Gasteiger partial charge >= 0.3 is 0 Å². The highest BCUT2D eigenvalue weighted by molar-refractivity contribution is 6.42. The smallest absolute Gasteiger partial charge is 0.250 e. The SMILES string of the molecule is Clc1ccc(-c2ccc(/C=N\Nc3nc(N4CCCCC4)nc(N4CCCCC4)n3)o2)cc1Cl. The minimum absolute atomic E-state index is 0.434. The van der Waals surface area contributed by atoms with Crippen LogP contribution in [0.3, 0.4) is 0 Å². The van der Waals surface area contributed by atoms with Crippen LogP contribution in [-0.4, -0.2) is 47.3 Å². The summed E-state index contributed by atoms with van der Waals surface area (Å²) >= 11 is 12.1. The number of piperidine rings is 2. The van der Waals surface area contributed by atoms with Crippen molar-refractivity contribution >= 4 is 47.3 Å². The van der Waals surface area contributed by atoms with E-state index >= 15 is 0 Å². The minimum Gasteiger partial charge on any atom is -0.455 e. The number of anilines is 3. The number of hydrogen-bond acceptors (Lipinski definition) is 8. The summed E-state index contributed by atoms with van der Waals surface area (Å²) in [6.45, 7) is 3.87. The standard InChI is InChI=1S/C24H27Cl2N7O/c25-19-9-7-17(15-20(19)26)21-10-8-18(34-21)16-27-31-22-28-23(32-11-3-1-4-12-32)30-24(29-22)33-13-5-2-6-14-33/h7-10,15-16H,1-6,11-14H2,(H,28,29,30,31)/b27-16-. The first-order valence-corrected chi connectivity index (χ1v) is 12.5. The van der Waals surface area contributed by atoms with Crippen molar-refractivity contribution in [2.45, 2.75) is 38.5 Å². The van der Waals surface area contributed by atoms with E-state index in [4.69, 9.17) is 32.6 Å². The first-order chi connectivity index (χ1) is 16.7. The molecule has 5 rings (SSSR count). The van der Waals surface area contributed by atoms with Crippen LogP contribution in [0.1, 0.15) is 44.3 Å². The fraction of sp³-hybridized carbons (Fsp3) is 0.417. The van der Waals surface area contributed by atoms with E-state index in [-0.39, 0.29) is 0 Å². The van der Waals surface area contributed by atoms with Crippen molar-refractivity contribution in [1.82, 2.24) is 15.0 Å². The highest BCUT2D eigenvalue weighted by atomic mass is 35.5. The lowest BCUT2D eigenvalue weighted by molar-refractivity contribution is 0.556. The molecule has 3 aromatic rings. The lowest BCUT2D eigenvalue weighted by Crippen LogP contribution is -2.34. The van der Waals surface area contributed by atoms with Gasteiger partial charge in [0.1, 0.15) is 11.5 Å². The molecule has 1 N–H and O–H groups in total. The van der Waals surface area contributed by atoms with Crippen LogP contribution < -0.4 is 15.2 Å². The average Bonchev–Trinajstić information content (AvgIpc) is 3.35. The van der Waals surface area contributed by atoms with Crippen LogP contribution in [0.5, 0.6) is 0 Å². The second-order valence-corrected chi connectivity index (χ2v) is 9.37. The normalized spacial score (nSPS) is 16.9. The Morgan fingerprint density at radius 2 is 1.44 bits per heavy atom. The summed E-state index contributed by atoms with van der Waals surface area (Å²) in [5, 5.41) is 5.31. The molecule has 0 amide bonds. The summed E-state index contributed by atoms with van der Waals surface area (Å²) in [5.74, 6) is 3.14. The van der Waals surface area contributed by atoms with Gasteiger partial charge in [-0.2, -0.15) is 20.1 Å². The van der Waals surface area contributed by atoms with Crippen LogP contribution in [0.2, 0.25) is 10.0 Å². The first kappa shape index (κ1) is 22.9. The van der Waals surface area contributed by atoms with E-state index < -0.39 is 0 Å². The Labute approximate surface area is 209 Å². The molecule has 0 aliphatic carbocycles. The predicted molar refractivity (Wildman–Crippen MR) is 137 cm³/mol. The molecule has 34 heavy (non-hydrogen) atoms. The van der Waals surface area contributed by atoms with Gasteiger partial charge in [0.2, 0.25) is 17.8 Å². The molecule has 2 aliphatic heterocycles. The van der Waals surface area contributed by atoms with E-state index in [1.54, 1.807) is 18.3 Å². The topological polar surface area (TPSA) is 82.7 Å². The predicted octanol–water partition coefficient (Wildman–Crippen LogP) is 5.87. The molecule has 0 radical (unpaired) electrons. The van der Waals surface area contributed by atoms with Gasteiger partial charge in [-0.05, 0) is 68.9 Å². The Kier molecular flexibility index (Phi) is 7.16. The molecule has 1 aromatic carbocycles. The van der Waals surface area contributed by atoms with E-state index in [9.17, 15) is 0 Å². The van der Waals surface area contributed by atoms with Gasteiger partial charge in [-0.15, -0.1) is 0 Å². The molecule has 8 nitrogen and oxygen atoms in total. The van der Waals surface area contributed by atoms with Crippen molar-refractivity contribution in [3.63, 3.8) is 0 Å². The van der Waals surface area contributed by atoms with Crippen molar-refractivity contribution in [3.8, 4) is 11.3 Å². The molecule has 2 aliphatic rings. The van der Waals surface area contributed by atoms with Crippen molar-refractivity contribution in [3.05, 3.63) is 46.1 Å². The Balaban J connectivity index is 1.33. The van der Waals surface area contributed by atoms with E-state index in [1.165, 1.54) is 12.8 Å². The molecule has 0 bridgehead atoms. The number of benzene rings is 1. The molecular formula is C24H27Cl2N7O. The highest BCUT2D eigenvalue weighted by Crippen LogP contribution is 2.29. The minimum atomic E-state index is 0.434. The summed E-state index contributed by atoms with van der Waals surface area (Å²) in [4.78, 5) is 18.6. The van der Waals surface area contributed by atoms with Crippen molar-refractivity contribution < 1.29 is 4.42 Å². The van der Waals surface area contributed by atoms with Gasteiger partial charge in [-0.1, -0.05) is 23.2 Å². The molecular weight excluding hydrogens is 473 g/mol. The molecule has 0 unspecified atom stereocenters. The second-order valence-electron chi connectivity index (χ2n) is 8.56. The van der Waals surface area contributed by atoms with Crippen LogP contribution in [0, 0.1) is 0 Å². The lowest BCUT2D eigenvalue weighted by Gasteiger charge is -2.30. The van der Waals surface area contributed by atoms with Crippen LogP contribution in [-0.2, 0) is 0 Å². The quantitative estimate of drug-likeness (QED) is 0.335. The monoisotopic (exact) mass is 499 g/mol. The van der Waals surface area contributed by atoms with Crippen LogP contribution in [0.15, 0.2) is 39.9 Å².